The van der Waals surface area contributed by atoms with E-state index in [1.165, 1.54) is 0 Å². The zero-order valence-electron chi connectivity index (χ0n) is 13.3. The van der Waals surface area contributed by atoms with E-state index in [1.54, 1.807) is 23.5 Å². The summed E-state index contributed by atoms with van der Waals surface area (Å²) >= 11 is 9.25. The SMILES string of the molecule is O=C1CC(c2ccccc2)SC2=C1C(=O)CC(c1ccc(Cl)cc1)S2. The van der Waals surface area contributed by atoms with E-state index in [4.69, 9.17) is 11.6 Å². The predicted octanol–water partition coefficient (Wildman–Crippen LogP) is 5.75. The molecule has 2 heterocycles. The van der Waals surface area contributed by atoms with Crippen LogP contribution in [0.1, 0.15) is 34.5 Å². The summed E-state index contributed by atoms with van der Waals surface area (Å²) in [5.41, 5.74) is 2.63. The second-order valence-corrected chi connectivity index (χ2v) is 9.21. The summed E-state index contributed by atoms with van der Waals surface area (Å²) in [6.45, 7) is 0. The third-order valence-corrected chi connectivity index (χ3v) is 7.53. The van der Waals surface area contributed by atoms with Gasteiger partial charge in [-0.2, -0.15) is 0 Å². The Labute approximate surface area is 160 Å². The molecule has 0 amide bonds. The number of carbonyl (C=O) groups excluding carboxylic acids is 2. The van der Waals surface area contributed by atoms with Crippen LogP contribution in [0.3, 0.4) is 0 Å². The minimum absolute atomic E-state index is 0.0188. The van der Waals surface area contributed by atoms with Gasteiger partial charge in [0.1, 0.15) is 0 Å². The molecule has 2 aromatic rings. The molecule has 4 rings (SSSR count). The van der Waals surface area contributed by atoms with E-state index in [2.05, 4.69) is 0 Å². The van der Waals surface area contributed by atoms with E-state index in [0.717, 1.165) is 15.4 Å². The van der Waals surface area contributed by atoms with Gasteiger partial charge in [-0.3, -0.25) is 9.59 Å². The van der Waals surface area contributed by atoms with Crippen molar-refractivity contribution in [3.63, 3.8) is 0 Å². The molecule has 0 aromatic heterocycles. The molecule has 2 atom stereocenters. The van der Waals surface area contributed by atoms with Gasteiger partial charge in [0.15, 0.2) is 11.6 Å². The van der Waals surface area contributed by atoms with Crippen molar-refractivity contribution < 1.29 is 9.59 Å². The summed E-state index contributed by atoms with van der Waals surface area (Å²) in [7, 11) is 0. The number of hydrogen-bond acceptors (Lipinski definition) is 4. The average molecular weight is 387 g/mol. The number of benzene rings is 2. The normalized spacial score (nSPS) is 23.6. The van der Waals surface area contributed by atoms with Crippen LogP contribution in [-0.4, -0.2) is 11.6 Å². The quantitative estimate of drug-likeness (QED) is 0.616. The minimum atomic E-state index is -0.0299. The summed E-state index contributed by atoms with van der Waals surface area (Å²) in [6, 6.07) is 17.6. The van der Waals surface area contributed by atoms with Gasteiger partial charge in [-0.15, -0.1) is 23.5 Å². The highest BCUT2D eigenvalue weighted by Crippen LogP contribution is 2.55. The lowest BCUT2D eigenvalue weighted by molar-refractivity contribution is -0.121. The number of rotatable bonds is 2. The van der Waals surface area contributed by atoms with Gasteiger partial charge >= 0.3 is 0 Å². The molecule has 2 aliphatic rings. The molecule has 0 N–H and O–H groups in total. The predicted molar refractivity (Wildman–Crippen MR) is 105 cm³/mol. The fourth-order valence-electron chi connectivity index (χ4n) is 3.13. The summed E-state index contributed by atoms with van der Waals surface area (Å²) in [5, 5.41) is 0.803. The summed E-state index contributed by atoms with van der Waals surface area (Å²) < 4.78 is 0.876. The molecule has 0 radical (unpaired) electrons. The Bertz CT molecular complexity index is 859. The van der Waals surface area contributed by atoms with E-state index in [1.807, 2.05) is 54.6 Å². The Morgan fingerprint density at radius 3 is 1.84 bits per heavy atom. The molecule has 0 fully saturated rings. The van der Waals surface area contributed by atoms with Crippen molar-refractivity contribution in [2.45, 2.75) is 23.3 Å². The zero-order valence-corrected chi connectivity index (χ0v) is 15.7. The second-order valence-electron chi connectivity index (χ2n) is 6.09. The van der Waals surface area contributed by atoms with Crippen molar-refractivity contribution in [2.75, 3.05) is 0 Å². The highest BCUT2D eigenvalue weighted by atomic mass is 35.5. The smallest absolute Gasteiger partial charge is 0.169 e. The van der Waals surface area contributed by atoms with Gasteiger partial charge in [-0.1, -0.05) is 54.1 Å². The highest BCUT2D eigenvalue weighted by Gasteiger charge is 2.38. The van der Waals surface area contributed by atoms with Crippen LogP contribution in [0.2, 0.25) is 5.02 Å². The van der Waals surface area contributed by atoms with E-state index in [0.29, 0.717) is 23.4 Å². The van der Waals surface area contributed by atoms with Crippen molar-refractivity contribution in [1.29, 1.82) is 0 Å². The van der Waals surface area contributed by atoms with Crippen LogP contribution in [0.25, 0.3) is 0 Å². The monoisotopic (exact) mass is 386 g/mol. The van der Waals surface area contributed by atoms with Crippen LogP contribution in [0.4, 0.5) is 0 Å². The number of halogens is 1. The van der Waals surface area contributed by atoms with Gasteiger partial charge in [-0.05, 0) is 23.3 Å². The van der Waals surface area contributed by atoms with Crippen LogP contribution in [0.15, 0.2) is 64.4 Å². The standard InChI is InChI=1S/C20H15ClO2S2/c21-14-8-6-13(7-9-14)18-11-16(23)19-15(22)10-17(24-20(19)25-18)12-4-2-1-3-5-12/h1-9,17-18H,10-11H2. The Kier molecular flexibility index (Phi) is 4.76. The molecule has 0 saturated heterocycles. The first-order chi connectivity index (χ1) is 12.1. The molecular weight excluding hydrogens is 372 g/mol. The van der Waals surface area contributed by atoms with Crippen LogP contribution in [0, 0.1) is 0 Å². The summed E-state index contributed by atoms with van der Waals surface area (Å²) in [6.07, 6.45) is 0.763. The van der Waals surface area contributed by atoms with Crippen molar-refractivity contribution in [2.24, 2.45) is 0 Å². The maximum Gasteiger partial charge on any atom is 0.169 e. The maximum absolute atomic E-state index is 12.6. The van der Waals surface area contributed by atoms with Gasteiger partial charge in [0, 0.05) is 28.4 Å². The number of Topliss-reactive ketones (excluding diaryl/α,β-unsaturated/α-hetero) is 2. The third-order valence-electron chi connectivity index (χ3n) is 4.42. The Morgan fingerprint density at radius 1 is 0.760 bits per heavy atom. The zero-order chi connectivity index (χ0) is 17.4. The number of carbonyl (C=O) groups is 2. The molecule has 5 heteroatoms. The maximum atomic E-state index is 12.6. The van der Waals surface area contributed by atoms with Crippen LogP contribution < -0.4 is 0 Å². The van der Waals surface area contributed by atoms with E-state index < -0.39 is 0 Å². The molecule has 0 aliphatic carbocycles. The molecule has 2 aromatic carbocycles. The first-order valence-electron chi connectivity index (χ1n) is 8.06. The molecule has 0 spiro atoms. The topological polar surface area (TPSA) is 34.1 Å². The Morgan fingerprint density at radius 2 is 1.28 bits per heavy atom. The first kappa shape index (κ1) is 17.0. The van der Waals surface area contributed by atoms with Crippen molar-refractivity contribution >= 4 is 46.7 Å². The molecule has 0 saturated carbocycles. The number of hydrogen-bond donors (Lipinski definition) is 0. The number of ketones is 2. The van der Waals surface area contributed by atoms with Gasteiger partial charge < -0.3 is 0 Å². The van der Waals surface area contributed by atoms with Crippen molar-refractivity contribution in [3.05, 3.63) is 80.6 Å². The number of thioether (sulfide) groups is 2. The largest absolute Gasteiger partial charge is 0.294 e. The Balaban J connectivity index is 1.63. The minimum Gasteiger partial charge on any atom is -0.294 e. The Hall–Kier alpha value is -1.49. The molecule has 2 nitrogen and oxygen atoms in total. The molecule has 0 bridgehead atoms. The second kappa shape index (κ2) is 7.02. The van der Waals surface area contributed by atoms with Gasteiger partial charge in [-0.25, -0.2) is 0 Å². The molecule has 2 aliphatic heterocycles. The van der Waals surface area contributed by atoms with Gasteiger partial charge in [0.05, 0.1) is 9.81 Å². The summed E-state index contributed by atoms with van der Waals surface area (Å²) in [4.78, 5) is 25.2. The van der Waals surface area contributed by atoms with Crippen LogP contribution >= 0.6 is 35.1 Å². The van der Waals surface area contributed by atoms with E-state index >= 15 is 0 Å². The lowest BCUT2D eigenvalue weighted by Gasteiger charge is -2.31. The van der Waals surface area contributed by atoms with Gasteiger partial charge in [0.2, 0.25) is 0 Å². The highest BCUT2D eigenvalue weighted by molar-refractivity contribution is 8.22. The molecule has 25 heavy (non-hydrogen) atoms. The fraction of sp³-hybridized carbons (Fsp3) is 0.200. The van der Waals surface area contributed by atoms with E-state index in [9.17, 15) is 9.59 Å². The lowest BCUT2D eigenvalue weighted by Crippen LogP contribution is -2.24. The third kappa shape index (κ3) is 3.43. The van der Waals surface area contributed by atoms with Crippen molar-refractivity contribution in [3.8, 4) is 0 Å². The van der Waals surface area contributed by atoms with E-state index in [-0.39, 0.29) is 22.1 Å². The number of allylic oxidation sites excluding steroid dienone is 1. The lowest BCUT2D eigenvalue weighted by atomic mass is 9.96. The molecule has 2 unspecified atom stereocenters. The van der Waals surface area contributed by atoms with Crippen LogP contribution in [-0.2, 0) is 9.59 Å². The van der Waals surface area contributed by atoms with Crippen LogP contribution in [0.5, 0.6) is 0 Å². The molecule has 126 valence electrons. The first-order valence-corrected chi connectivity index (χ1v) is 10.2. The average Bonchev–Trinajstić information content (AvgIpc) is 2.62. The summed E-state index contributed by atoms with van der Waals surface area (Å²) in [5.74, 6) is -0.0487. The van der Waals surface area contributed by atoms with Crippen molar-refractivity contribution in [1.82, 2.24) is 0 Å². The fourth-order valence-corrected chi connectivity index (χ4v) is 6.44. The van der Waals surface area contributed by atoms with Gasteiger partial charge in [0.25, 0.3) is 0 Å². The molecular formula is C20H15ClO2S2.